The van der Waals surface area contributed by atoms with Gasteiger partial charge in [0.2, 0.25) is 11.8 Å². The zero-order valence-corrected chi connectivity index (χ0v) is 10.5. The van der Waals surface area contributed by atoms with Gasteiger partial charge in [0, 0.05) is 6.54 Å². The van der Waals surface area contributed by atoms with E-state index in [2.05, 4.69) is 10.6 Å². The number of nitrogens with one attached hydrogen (secondary N) is 2. The molecule has 1 aromatic carbocycles. The van der Waals surface area contributed by atoms with Gasteiger partial charge in [-0.2, -0.15) is 0 Å². The van der Waals surface area contributed by atoms with Crippen molar-refractivity contribution in [3.8, 4) is 0 Å². The molecule has 2 aliphatic rings. The predicted molar refractivity (Wildman–Crippen MR) is 69.0 cm³/mol. The van der Waals surface area contributed by atoms with Crippen LogP contribution in [0.1, 0.15) is 5.56 Å². The molecule has 2 aliphatic heterocycles. The maximum Gasteiger partial charge on any atom is 0.248 e. The number of fused-ring (bicyclic) bond motifs is 3. The summed E-state index contributed by atoms with van der Waals surface area (Å²) in [5, 5.41) is 6.17. The normalized spacial score (nSPS) is 22.3. The monoisotopic (exact) mass is 265 g/mol. The molecule has 6 heteroatoms. The van der Waals surface area contributed by atoms with Crippen LogP contribution >= 0.6 is 11.6 Å². The van der Waals surface area contributed by atoms with Crippen LogP contribution in [0.25, 0.3) is 0 Å². The second-order valence-corrected chi connectivity index (χ2v) is 4.95. The van der Waals surface area contributed by atoms with Crippen molar-refractivity contribution in [1.29, 1.82) is 0 Å². The standard InChI is InChI=1S/C12H12ClN3O2/c1-6-2-7(13)11-8(3-6)16-9(12(18)15-11)4-14-5-10(16)17/h2-3,9,14H,4-5H2,1H3,(H,15,18). The molecule has 5 nitrogen and oxygen atoms in total. The minimum absolute atomic E-state index is 0.107. The molecule has 2 amide bonds. The van der Waals surface area contributed by atoms with Crippen LogP contribution in [0.3, 0.4) is 0 Å². The van der Waals surface area contributed by atoms with Gasteiger partial charge in [-0.1, -0.05) is 11.6 Å². The highest BCUT2D eigenvalue weighted by atomic mass is 35.5. The second-order valence-electron chi connectivity index (χ2n) is 4.54. The first-order valence-corrected chi connectivity index (χ1v) is 6.09. The summed E-state index contributed by atoms with van der Waals surface area (Å²) in [6.07, 6.45) is 0. The number of halogens is 1. The van der Waals surface area contributed by atoms with Crippen molar-refractivity contribution < 1.29 is 9.59 Å². The Bertz CT molecular complexity index is 558. The lowest BCUT2D eigenvalue weighted by Gasteiger charge is -2.40. The molecule has 0 bridgehead atoms. The first-order chi connectivity index (χ1) is 8.58. The lowest BCUT2D eigenvalue weighted by atomic mass is 10.0. The molecule has 1 saturated heterocycles. The van der Waals surface area contributed by atoms with Crippen LogP contribution in [-0.2, 0) is 9.59 Å². The molecule has 1 atom stereocenters. The Morgan fingerprint density at radius 1 is 1.39 bits per heavy atom. The van der Waals surface area contributed by atoms with Crippen molar-refractivity contribution in [2.75, 3.05) is 23.3 Å². The van der Waals surface area contributed by atoms with Crippen molar-refractivity contribution in [2.45, 2.75) is 13.0 Å². The molecule has 0 saturated carbocycles. The van der Waals surface area contributed by atoms with E-state index in [-0.39, 0.29) is 18.4 Å². The van der Waals surface area contributed by atoms with Crippen LogP contribution < -0.4 is 15.5 Å². The minimum atomic E-state index is -0.489. The van der Waals surface area contributed by atoms with Gasteiger partial charge in [0.25, 0.3) is 0 Å². The van der Waals surface area contributed by atoms with Gasteiger partial charge < -0.3 is 10.6 Å². The van der Waals surface area contributed by atoms with E-state index >= 15 is 0 Å². The van der Waals surface area contributed by atoms with Gasteiger partial charge in [-0.15, -0.1) is 0 Å². The highest BCUT2D eigenvalue weighted by Crippen LogP contribution is 2.39. The Hall–Kier alpha value is -1.59. The average molecular weight is 266 g/mol. The highest BCUT2D eigenvalue weighted by Gasteiger charge is 2.39. The number of rotatable bonds is 0. The van der Waals surface area contributed by atoms with Gasteiger partial charge in [0.15, 0.2) is 0 Å². The van der Waals surface area contributed by atoms with Crippen LogP contribution in [0.5, 0.6) is 0 Å². The van der Waals surface area contributed by atoms with E-state index in [1.807, 2.05) is 13.0 Å². The molecule has 94 valence electrons. The Morgan fingerprint density at radius 3 is 2.94 bits per heavy atom. The third-order valence-corrected chi connectivity index (χ3v) is 3.52. The van der Waals surface area contributed by atoms with Crippen LogP contribution in [-0.4, -0.2) is 30.9 Å². The fraction of sp³-hybridized carbons (Fsp3) is 0.333. The molecule has 2 heterocycles. The summed E-state index contributed by atoms with van der Waals surface area (Å²) in [7, 11) is 0. The highest BCUT2D eigenvalue weighted by molar-refractivity contribution is 6.35. The van der Waals surface area contributed by atoms with Crippen LogP contribution in [0.2, 0.25) is 5.02 Å². The number of amides is 2. The third-order valence-electron chi connectivity index (χ3n) is 3.22. The molecular weight excluding hydrogens is 254 g/mol. The number of hydrogen-bond acceptors (Lipinski definition) is 3. The van der Waals surface area contributed by atoms with Gasteiger partial charge in [0.1, 0.15) is 6.04 Å². The summed E-state index contributed by atoms with van der Waals surface area (Å²) >= 11 is 6.12. The zero-order valence-electron chi connectivity index (χ0n) is 9.79. The topological polar surface area (TPSA) is 61.4 Å². The van der Waals surface area contributed by atoms with E-state index in [4.69, 9.17) is 11.6 Å². The Kier molecular flexibility index (Phi) is 2.53. The van der Waals surface area contributed by atoms with Gasteiger partial charge in [0.05, 0.1) is 22.9 Å². The SMILES string of the molecule is Cc1cc(Cl)c2c(c1)N1C(=O)CNCC1C(=O)N2. The van der Waals surface area contributed by atoms with E-state index < -0.39 is 6.04 Å². The summed E-state index contributed by atoms with van der Waals surface area (Å²) in [5.41, 5.74) is 2.18. The van der Waals surface area contributed by atoms with E-state index in [9.17, 15) is 9.59 Å². The number of hydrogen-bond donors (Lipinski definition) is 2. The Labute approximate surface area is 109 Å². The van der Waals surface area contributed by atoms with Crippen LogP contribution in [0, 0.1) is 6.92 Å². The van der Waals surface area contributed by atoms with E-state index in [0.717, 1.165) is 5.56 Å². The molecule has 18 heavy (non-hydrogen) atoms. The van der Waals surface area contributed by atoms with Crippen molar-refractivity contribution in [3.63, 3.8) is 0 Å². The fourth-order valence-corrected chi connectivity index (χ4v) is 2.74. The average Bonchev–Trinajstić information content (AvgIpc) is 2.31. The summed E-state index contributed by atoms with van der Waals surface area (Å²) in [6.45, 7) is 2.61. The predicted octanol–water partition coefficient (Wildman–Crippen LogP) is 0.905. The number of benzene rings is 1. The van der Waals surface area contributed by atoms with Crippen LogP contribution in [0.4, 0.5) is 11.4 Å². The summed E-state index contributed by atoms with van der Waals surface area (Å²) in [4.78, 5) is 25.5. The molecule has 3 rings (SSSR count). The molecule has 0 spiro atoms. The molecule has 1 unspecified atom stereocenters. The van der Waals surface area contributed by atoms with E-state index in [1.165, 1.54) is 0 Å². The van der Waals surface area contributed by atoms with Gasteiger partial charge in [-0.05, 0) is 24.6 Å². The third kappa shape index (κ3) is 1.59. The summed E-state index contributed by atoms with van der Waals surface area (Å²) < 4.78 is 0. The van der Waals surface area contributed by atoms with E-state index in [0.29, 0.717) is 22.9 Å². The molecule has 1 aromatic rings. The quantitative estimate of drug-likeness (QED) is 0.733. The van der Waals surface area contributed by atoms with Crippen LogP contribution in [0.15, 0.2) is 12.1 Å². The maximum absolute atomic E-state index is 12.0. The number of piperazine rings is 1. The largest absolute Gasteiger partial charge is 0.321 e. The number of carbonyl (C=O) groups excluding carboxylic acids is 2. The smallest absolute Gasteiger partial charge is 0.248 e. The first kappa shape index (κ1) is 11.5. The molecule has 0 radical (unpaired) electrons. The van der Waals surface area contributed by atoms with Gasteiger partial charge in [-0.25, -0.2) is 0 Å². The number of nitrogens with zero attached hydrogens (tertiary/aromatic N) is 1. The fourth-order valence-electron chi connectivity index (χ4n) is 2.42. The molecule has 1 fully saturated rings. The zero-order chi connectivity index (χ0) is 12.9. The van der Waals surface area contributed by atoms with Gasteiger partial charge in [-0.3, -0.25) is 14.5 Å². The molecule has 2 N–H and O–H groups in total. The van der Waals surface area contributed by atoms with Crippen molar-refractivity contribution >= 4 is 34.8 Å². The van der Waals surface area contributed by atoms with Crippen molar-refractivity contribution in [2.24, 2.45) is 0 Å². The Balaban J connectivity index is 2.19. The molecule has 0 aliphatic carbocycles. The lowest BCUT2D eigenvalue weighted by Crippen LogP contribution is -2.61. The first-order valence-electron chi connectivity index (χ1n) is 5.71. The molecule has 0 aromatic heterocycles. The minimum Gasteiger partial charge on any atom is -0.321 e. The second kappa shape index (κ2) is 3.96. The van der Waals surface area contributed by atoms with Gasteiger partial charge >= 0.3 is 0 Å². The van der Waals surface area contributed by atoms with E-state index in [1.54, 1.807) is 11.0 Å². The van der Waals surface area contributed by atoms with Crippen molar-refractivity contribution in [1.82, 2.24) is 5.32 Å². The number of carbonyl (C=O) groups is 2. The number of anilines is 2. The lowest BCUT2D eigenvalue weighted by molar-refractivity contribution is -0.124. The Morgan fingerprint density at radius 2 is 2.17 bits per heavy atom. The maximum atomic E-state index is 12.0. The summed E-state index contributed by atoms with van der Waals surface area (Å²) in [6, 6.07) is 3.15. The summed E-state index contributed by atoms with van der Waals surface area (Å²) in [5.74, 6) is -0.308. The number of aryl methyl sites for hydroxylation is 1. The molecular formula is C12H12ClN3O2. The van der Waals surface area contributed by atoms with Crippen molar-refractivity contribution in [3.05, 3.63) is 22.7 Å².